The molecule has 1 aliphatic rings. The third-order valence-electron chi connectivity index (χ3n) is 5.63. The first-order chi connectivity index (χ1) is 16.6. The Kier molecular flexibility index (Phi) is 4.88. The van der Waals surface area contributed by atoms with Gasteiger partial charge >= 0.3 is 0 Å². The monoisotopic (exact) mass is 454 g/mol. The molecular formula is C26H18F2N5O+. The molecule has 1 N–H and O–H groups in total. The van der Waals surface area contributed by atoms with Crippen molar-refractivity contribution < 1.29 is 18.0 Å². The van der Waals surface area contributed by atoms with Crippen molar-refractivity contribution in [2.45, 2.75) is 19.4 Å². The second kappa shape index (κ2) is 8.19. The summed E-state index contributed by atoms with van der Waals surface area (Å²) in [4.78, 5) is 7.35. The maximum atomic E-state index is 14.1. The van der Waals surface area contributed by atoms with E-state index in [1.54, 1.807) is 17.1 Å². The number of hydrogen-bond acceptors (Lipinski definition) is 4. The average molecular weight is 454 g/mol. The van der Waals surface area contributed by atoms with E-state index in [4.69, 9.17) is 4.52 Å². The predicted octanol–water partition coefficient (Wildman–Crippen LogP) is 4.66. The largest absolute Gasteiger partial charge is 0.354 e. The highest BCUT2D eigenvalue weighted by molar-refractivity contribution is 5.77. The zero-order chi connectivity index (χ0) is 23.1. The smallest absolute Gasteiger partial charge is 0.234 e. The minimum absolute atomic E-state index is 0.0622. The molecule has 0 amide bonds. The SMILES string of the molecule is Fc1cccc(-c2nc3cn[n+](Cc4cc(-c5ccc(C#CC6CC6)cc5)no4)cc3[nH]2)c1F. The molecule has 8 heteroatoms. The van der Waals surface area contributed by atoms with Crippen molar-refractivity contribution in [1.29, 1.82) is 0 Å². The molecule has 1 fully saturated rings. The molecule has 1 aliphatic carbocycles. The van der Waals surface area contributed by atoms with Gasteiger partial charge in [0.05, 0.1) is 5.56 Å². The number of aromatic nitrogens is 5. The highest BCUT2D eigenvalue weighted by atomic mass is 19.2. The molecule has 166 valence electrons. The van der Waals surface area contributed by atoms with E-state index >= 15 is 0 Å². The first-order valence-electron chi connectivity index (χ1n) is 10.9. The third-order valence-corrected chi connectivity index (χ3v) is 5.63. The number of benzene rings is 2. The minimum atomic E-state index is -0.945. The molecular weight excluding hydrogens is 436 g/mol. The second-order valence-electron chi connectivity index (χ2n) is 8.26. The first-order valence-corrected chi connectivity index (χ1v) is 10.9. The van der Waals surface area contributed by atoms with Gasteiger partial charge < -0.3 is 9.51 Å². The molecule has 3 aromatic heterocycles. The van der Waals surface area contributed by atoms with Crippen molar-refractivity contribution in [3.63, 3.8) is 0 Å². The fourth-order valence-electron chi connectivity index (χ4n) is 3.63. The Morgan fingerprint density at radius 3 is 2.79 bits per heavy atom. The molecule has 6 nitrogen and oxygen atoms in total. The number of hydrogen-bond donors (Lipinski definition) is 1. The molecule has 2 aromatic carbocycles. The zero-order valence-electron chi connectivity index (χ0n) is 17.9. The van der Waals surface area contributed by atoms with E-state index in [9.17, 15) is 8.78 Å². The van der Waals surface area contributed by atoms with Crippen LogP contribution in [0.1, 0.15) is 24.2 Å². The molecule has 3 heterocycles. The number of halogens is 2. The molecule has 0 spiro atoms. The van der Waals surface area contributed by atoms with Gasteiger partial charge in [0, 0.05) is 23.1 Å². The maximum Gasteiger partial charge on any atom is 0.234 e. The van der Waals surface area contributed by atoms with Gasteiger partial charge in [0.1, 0.15) is 28.7 Å². The number of aromatic amines is 1. The van der Waals surface area contributed by atoms with Crippen LogP contribution in [0.25, 0.3) is 33.7 Å². The van der Waals surface area contributed by atoms with Crippen molar-refractivity contribution in [1.82, 2.24) is 20.2 Å². The maximum absolute atomic E-state index is 14.1. The van der Waals surface area contributed by atoms with E-state index in [2.05, 4.69) is 32.1 Å². The number of nitrogens with one attached hydrogen (secondary N) is 1. The molecule has 6 rings (SSSR count). The van der Waals surface area contributed by atoms with E-state index in [0.29, 0.717) is 29.3 Å². The Morgan fingerprint density at radius 2 is 1.97 bits per heavy atom. The lowest BCUT2D eigenvalue weighted by Crippen LogP contribution is -2.37. The van der Waals surface area contributed by atoms with Crippen LogP contribution in [0.2, 0.25) is 0 Å². The van der Waals surface area contributed by atoms with Gasteiger partial charge in [-0.25, -0.2) is 13.8 Å². The minimum Gasteiger partial charge on any atom is -0.354 e. The number of H-pyrrole nitrogens is 1. The molecule has 0 radical (unpaired) electrons. The van der Waals surface area contributed by atoms with Gasteiger partial charge in [-0.2, -0.15) is 0 Å². The molecule has 0 unspecified atom stereocenters. The van der Waals surface area contributed by atoms with Crippen LogP contribution < -0.4 is 4.68 Å². The molecule has 0 aliphatic heterocycles. The topological polar surface area (TPSA) is 71.5 Å². The van der Waals surface area contributed by atoms with Gasteiger partial charge in [0.2, 0.25) is 18.5 Å². The lowest BCUT2D eigenvalue weighted by Gasteiger charge is -1.99. The second-order valence-corrected chi connectivity index (χ2v) is 8.26. The fourth-order valence-corrected chi connectivity index (χ4v) is 3.63. The van der Waals surface area contributed by atoms with E-state index in [0.717, 1.165) is 22.9 Å². The number of rotatable bonds is 4. The molecule has 5 aromatic rings. The van der Waals surface area contributed by atoms with E-state index in [1.807, 2.05) is 30.3 Å². The molecule has 34 heavy (non-hydrogen) atoms. The fraction of sp³-hybridized carbons (Fsp3) is 0.154. The van der Waals surface area contributed by atoms with Crippen LogP contribution in [-0.2, 0) is 6.54 Å². The molecule has 0 bridgehead atoms. The highest BCUT2D eigenvalue weighted by Crippen LogP contribution is 2.28. The summed E-state index contributed by atoms with van der Waals surface area (Å²) in [5, 5.41) is 8.52. The Hall–Kier alpha value is -4.38. The zero-order valence-corrected chi connectivity index (χ0v) is 17.9. The van der Waals surface area contributed by atoms with Gasteiger partial charge in [-0.3, -0.25) is 0 Å². The Labute approximate surface area is 193 Å². The Balaban J connectivity index is 1.21. The lowest BCUT2D eigenvalue weighted by molar-refractivity contribution is -0.746. The quantitative estimate of drug-likeness (QED) is 0.317. The standard InChI is InChI=1S/C26H17F2N5O/c27-21-3-1-2-20(25(21)28)26-30-23-13-29-33(15-24(23)31-26)14-19-12-22(32-34-19)18-10-8-17(9-11-18)7-6-16-4-5-16/h1-3,8-13,15-16H,4-5,14H2/p+1. The van der Waals surface area contributed by atoms with E-state index in [1.165, 1.54) is 25.0 Å². The normalized spacial score (nSPS) is 13.1. The molecule has 1 saturated carbocycles. The Bertz CT molecular complexity index is 1570. The van der Waals surface area contributed by atoms with Gasteiger partial charge in [0.25, 0.3) is 0 Å². The summed E-state index contributed by atoms with van der Waals surface area (Å²) < 4.78 is 34.9. The predicted molar refractivity (Wildman–Crippen MR) is 120 cm³/mol. The number of nitrogens with zero attached hydrogens (tertiary/aromatic N) is 4. The van der Waals surface area contributed by atoms with Crippen molar-refractivity contribution in [2.24, 2.45) is 5.92 Å². The van der Waals surface area contributed by atoms with Crippen molar-refractivity contribution >= 4 is 11.0 Å². The summed E-state index contributed by atoms with van der Waals surface area (Å²) in [6.07, 6.45) is 5.71. The summed E-state index contributed by atoms with van der Waals surface area (Å²) in [6.45, 7) is 0.344. The van der Waals surface area contributed by atoms with Crippen LogP contribution in [0, 0.1) is 29.4 Å². The van der Waals surface area contributed by atoms with Gasteiger partial charge in [-0.1, -0.05) is 39.9 Å². The van der Waals surface area contributed by atoms with Crippen LogP contribution >= 0.6 is 0 Å². The van der Waals surface area contributed by atoms with Gasteiger partial charge in [0.15, 0.2) is 11.6 Å². The summed E-state index contributed by atoms with van der Waals surface area (Å²) in [7, 11) is 0. The van der Waals surface area contributed by atoms with Gasteiger partial charge in [-0.05, 0) is 42.2 Å². The van der Waals surface area contributed by atoms with Crippen LogP contribution in [0.4, 0.5) is 8.78 Å². The van der Waals surface area contributed by atoms with Crippen LogP contribution in [0.3, 0.4) is 0 Å². The van der Waals surface area contributed by atoms with E-state index in [-0.39, 0.29) is 11.4 Å². The summed E-state index contributed by atoms with van der Waals surface area (Å²) in [5.41, 5.74) is 3.89. The molecule has 0 saturated heterocycles. The van der Waals surface area contributed by atoms with E-state index < -0.39 is 11.6 Å². The highest BCUT2D eigenvalue weighted by Gasteiger charge is 2.18. The van der Waals surface area contributed by atoms with Crippen LogP contribution in [-0.4, -0.2) is 20.2 Å². The summed E-state index contributed by atoms with van der Waals surface area (Å²) in [5.74, 6) is 6.02. The van der Waals surface area contributed by atoms with Crippen molar-refractivity contribution in [3.8, 4) is 34.5 Å². The van der Waals surface area contributed by atoms with Crippen LogP contribution in [0.5, 0.6) is 0 Å². The van der Waals surface area contributed by atoms with Gasteiger partial charge in [-0.15, -0.1) is 0 Å². The lowest BCUT2D eigenvalue weighted by atomic mass is 10.1. The Morgan fingerprint density at radius 1 is 1.12 bits per heavy atom. The summed E-state index contributed by atoms with van der Waals surface area (Å²) in [6, 6.07) is 13.8. The van der Waals surface area contributed by atoms with Crippen LogP contribution in [0.15, 0.2) is 65.4 Å². The van der Waals surface area contributed by atoms with Crippen molar-refractivity contribution in [3.05, 3.63) is 83.9 Å². The number of fused-ring (bicyclic) bond motifs is 1. The van der Waals surface area contributed by atoms with Crippen molar-refractivity contribution in [2.75, 3.05) is 0 Å². The average Bonchev–Trinajstić information content (AvgIpc) is 3.40. The molecule has 0 atom stereocenters. The summed E-state index contributed by atoms with van der Waals surface area (Å²) >= 11 is 0. The first kappa shape index (κ1) is 20.2. The number of imidazole rings is 1. The third kappa shape index (κ3) is 4.04.